The molecule has 0 saturated heterocycles. The van der Waals surface area contributed by atoms with E-state index in [1.165, 1.54) is 6.08 Å². The summed E-state index contributed by atoms with van der Waals surface area (Å²) in [4.78, 5) is 13.9. The van der Waals surface area contributed by atoms with E-state index in [1.807, 2.05) is 42.5 Å². The lowest BCUT2D eigenvalue weighted by atomic mass is 10.2. The fraction of sp³-hybridized carbons (Fsp3) is 0.167. The number of anilines is 1. The van der Waals surface area contributed by atoms with Crippen LogP contribution in [0, 0.1) is 0 Å². The molecule has 0 heterocycles. The van der Waals surface area contributed by atoms with Crippen LogP contribution in [-0.4, -0.2) is 29.1 Å². The number of amides is 1. The van der Waals surface area contributed by atoms with Crippen molar-refractivity contribution in [1.29, 1.82) is 0 Å². The standard InChI is InChI=1S/C18H20N2O2/c19-17-9-6-15(7-10-17)8-11-18(22)20(12-13-21)14-16-4-2-1-3-5-16/h1-11,21H,12-14,19H2/b11-8+. The van der Waals surface area contributed by atoms with Gasteiger partial charge < -0.3 is 15.7 Å². The molecule has 0 bridgehead atoms. The molecule has 2 aromatic carbocycles. The van der Waals surface area contributed by atoms with Gasteiger partial charge in [-0.3, -0.25) is 4.79 Å². The zero-order valence-electron chi connectivity index (χ0n) is 12.4. The first-order chi connectivity index (χ1) is 10.7. The van der Waals surface area contributed by atoms with Crippen molar-refractivity contribution in [1.82, 2.24) is 4.90 Å². The first-order valence-electron chi connectivity index (χ1n) is 7.16. The summed E-state index contributed by atoms with van der Waals surface area (Å²) in [5.74, 6) is -0.130. The lowest BCUT2D eigenvalue weighted by Gasteiger charge is -2.20. The molecule has 114 valence electrons. The second-order valence-corrected chi connectivity index (χ2v) is 4.97. The van der Waals surface area contributed by atoms with Crippen molar-refractivity contribution < 1.29 is 9.90 Å². The number of aliphatic hydroxyl groups excluding tert-OH is 1. The van der Waals surface area contributed by atoms with E-state index in [-0.39, 0.29) is 12.5 Å². The predicted molar refractivity (Wildman–Crippen MR) is 88.8 cm³/mol. The minimum absolute atomic E-state index is 0.0612. The van der Waals surface area contributed by atoms with Gasteiger partial charge in [-0.15, -0.1) is 0 Å². The van der Waals surface area contributed by atoms with Gasteiger partial charge in [0.2, 0.25) is 5.91 Å². The molecule has 4 heteroatoms. The van der Waals surface area contributed by atoms with Crippen LogP contribution in [0.5, 0.6) is 0 Å². The van der Waals surface area contributed by atoms with Crippen LogP contribution in [0.25, 0.3) is 6.08 Å². The average Bonchev–Trinajstić information content (AvgIpc) is 2.54. The summed E-state index contributed by atoms with van der Waals surface area (Å²) >= 11 is 0. The number of nitrogen functional groups attached to an aromatic ring is 1. The molecule has 1 amide bonds. The fourth-order valence-corrected chi connectivity index (χ4v) is 2.07. The number of carbonyl (C=O) groups excluding carboxylic acids is 1. The van der Waals surface area contributed by atoms with Crippen LogP contribution >= 0.6 is 0 Å². The third-order valence-electron chi connectivity index (χ3n) is 3.25. The lowest BCUT2D eigenvalue weighted by molar-refractivity contribution is -0.127. The molecule has 4 nitrogen and oxygen atoms in total. The molecular weight excluding hydrogens is 276 g/mol. The smallest absolute Gasteiger partial charge is 0.246 e. The van der Waals surface area contributed by atoms with Crippen LogP contribution in [-0.2, 0) is 11.3 Å². The summed E-state index contributed by atoms with van der Waals surface area (Å²) in [6.45, 7) is 0.723. The molecule has 0 radical (unpaired) electrons. The Bertz CT molecular complexity index is 621. The van der Waals surface area contributed by atoms with E-state index in [9.17, 15) is 4.79 Å². The molecule has 2 aromatic rings. The molecule has 0 aliphatic rings. The van der Waals surface area contributed by atoms with E-state index in [0.29, 0.717) is 18.8 Å². The maximum absolute atomic E-state index is 12.3. The van der Waals surface area contributed by atoms with E-state index < -0.39 is 0 Å². The maximum atomic E-state index is 12.3. The first-order valence-corrected chi connectivity index (χ1v) is 7.16. The summed E-state index contributed by atoms with van der Waals surface area (Å²) in [6, 6.07) is 17.0. The number of nitrogens with two attached hydrogens (primary N) is 1. The Morgan fingerprint density at radius 2 is 1.77 bits per heavy atom. The third-order valence-corrected chi connectivity index (χ3v) is 3.25. The number of carbonyl (C=O) groups is 1. The van der Waals surface area contributed by atoms with Crippen molar-refractivity contribution in [3.8, 4) is 0 Å². The Labute approximate surface area is 130 Å². The Balaban J connectivity index is 2.04. The highest BCUT2D eigenvalue weighted by molar-refractivity contribution is 5.91. The molecule has 3 N–H and O–H groups in total. The molecule has 22 heavy (non-hydrogen) atoms. The lowest BCUT2D eigenvalue weighted by Crippen LogP contribution is -2.31. The molecule has 0 unspecified atom stereocenters. The van der Waals surface area contributed by atoms with Gasteiger partial charge in [-0.05, 0) is 29.3 Å². The summed E-state index contributed by atoms with van der Waals surface area (Å²) in [5, 5.41) is 9.15. The molecule has 2 rings (SSSR count). The molecule has 0 aromatic heterocycles. The number of nitrogens with zero attached hydrogens (tertiary/aromatic N) is 1. The van der Waals surface area contributed by atoms with E-state index in [4.69, 9.17) is 10.8 Å². The maximum Gasteiger partial charge on any atom is 0.246 e. The van der Waals surface area contributed by atoms with Crippen LogP contribution < -0.4 is 5.73 Å². The highest BCUT2D eigenvalue weighted by Gasteiger charge is 2.10. The van der Waals surface area contributed by atoms with Gasteiger partial charge in [0.1, 0.15) is 0 Å². The van der Waals surface area contributed by atoms with E-state index in [1.54, 1.807) is 23.1 Å². The Kier molecular flexibility index (Phi) is 5.74. The average molecular weight is 296 g/mol. The molecule has 0 atom stereocenters. The van der Waals surface area contributed by atoms with Crippen molar-refractivity contribution in [2.45, 2.75) is 6.54 Å². The summed E-state index contributed by atoms with van der Waals surface area (Å²) < 4.78 is 0. The SMILES string of the molecule is Nc1ccc(/C=C/C(=O)N(CCO)Cc2ccccc2)cc1. The van der Waals surface area contributed by atoms with Crippen LogP contribution in [0.2, 0.25) is 0 Å². The topological polar surface area (TPSA) is 66.6 Å². The van der Waals surface area contributed by atoms with Crippen molar-refractivity contribution in [2.24, 2.45) is 0 Å². The summed E-state index contributed by atoms with van der Waals surface area (Å²) in [7, 11) is 0. The number of rotatable bonds is 6. The van der Waals surface area contributed by atoms with Gasteiger partial charge in [0, 0.05) is 24.9 Å². The first kappa shape index (κ1) is 15.8. The van der Waals surface area contributed by atoms with Crippen LogP contribution in [0.1, 0.15) is 11.1 Å². The molecule has 0 saturated carbocycles. The number of hydrogen-bond acceptors (Lipinski definition) is 3. The number of benzene rings is 2. The molecule has 0 aliphatic carbocycles. The van der Waals surface area contributed by atoms with Crippen molar-refractivity contribution in [3.63, 3.8) is 0 Å². The van der Waals surface area contributed by atoms with Gasteiger partial charge in [-0.1, -0.05) is 42.5 Å². The Hall–Kier alpha value is -2.59. The largest absolute Gasteiger partial charge is 0.399 e. The van der Waals surface area contributed by atoms with Gasteiger partial charge in [0.25, 0.3) is 0 Å². The van der Waals surface area contributed by atoms with Crippen LogP contribution in [0.15, 0.2) is 60.7 Å². The van der Waals surface area contributed by atoms with E-state index >= 15 is 0 Å². The van der Waals surface area contributed by atoms with Crippen molar-refractivity contribution >= 4 is 17.7 Å². The van der Waals surface area contributed by atoms with Gasteiger partial charge in [0.05, 0.1) is 6.61 Å². The number of aliphatic hydroxyl groups is 1. The van der Waals surface area contributed by atoms with E-state index in [0.717, 1.165) is 11.1 Å². The molecule has 0 spiro atoms. The minimum atomic E-state index is -0.130. The second kappa shape index (κ2) is 8.00. The van der Waals surface area contributed by atoms with Gasteiger partial charge in [-0.25, -0.2) is 0 Å². The quantitative estimate of drug-likeness (QED) is 0.635. The van der Waals surface area contributed by atoms with Gasteiger partial charge in [-0.2, -0.15) is 0 Å². The normalized spacial score (nSPS) is 10.8. The third kappa shape index (κ3) is 4.75. The van der Waals surface area contributed by atoms with Gasteiger partial charge in [0.15, 0.2) is 0 Å². The molecule has 0 fully saturated rings. The predicted octanol–water partition coefficient (Wildman–Crippen LogP) is 2.30. The Morgan fingerprint density at radius 1 is 1.09 bits per heavy atom. The van der Waals surface area contributed by atoms with Crippen LogP contribution in [0.3, 0.4) is 0 Å². The van der Waals surface area contributed by atoms with E-state index in [2.05, 4.69) is 0 Å². The highest BCUT2D eigenvalue weighted by Crippen LogP contribution is 2.09. The monoisotopic (exact) mass is 296 g/mol. The Morgan fingerprint density at radius 3 is 2.41 bits per heavy atom. The van der Waals surface area contributed by atoms with Gasteiger partial charge >= 0.3 is 0 Å². The molecule has 0 aliphatic heterocycles. The highest BCUT2D eigenvalue weighted by atomic mass is 16.3. The fourth-order valence-electron chi connectivity index (χ4n) is 2.07. The zero-order chi connectivity index (χ0) is 15.8. The minimum Gasteiger partial charge on any atom is -0.399 e. The van der Waals surface area contributed by atoms with Crippen LogP contribution in [0.4, 0.5) is 5.69 Å². The van der Waals surface area contributed by atoms with Crippen molar-refractivity contribution in [2.75, 3.05) is 18.9 Å². The molecular formula is C18H20N2O2. The zero-order valence-corrected chi connectivity index (χ0v) is 12.4. The van der Waals surface area contributed by atoms with Crippen molar-refractivity contribution in [3.05, 3.63) is 71.8 Å². The second-order valence-electron chi connectivity index (χ2n) is 4.97. The number of hydrogen-bond donors (Lipinski definition) is 2. The summed E-state index contributed by atoms with van der Waals surface area (Å²) in [6.07, 6.45) is 3.27. The summed E-state index contributed by atoms with van der Waals surface area (Å²) in [5.41, 5.74) is 8.26.